The SMILES string of the molecule is CC.OC(C(F)(F)F)(C(F)(F)F)C(F)(F)F. The molecule has 0 aliphatic carbocycles. The van der Waals surface area contributed by atoms with E-state index < -0.39 is 24.1 Å². The Balaban J connectivity index is 0. The Bertz CT molecular complexity index is 173. The van der Waals surface area contributed by atoms with Crippen LogP contribution in [0.5, 0.6) is 0 Å². The normalized spacial score (nSPS) is 14.2. The van der Waals surface area contributed by atoms with Crippen LogP contribution < -0.4 is 0 Å². The number of rotatable bonds is 0. The first-order valence-corrected chi connectivity index (χ1v) is 3.67. The predicted molar refractivity (Wildman–Crippen MR) is 34.5 cm³/mol. The van der Waals surface area contributed by atoms with E-state index in [-0.39, 0.29) is 0 Å². The minimum atomic E-state index is -6.87. The molecule has 10 heteroatoms. The Kier molecular flexibility index (Phi) is 5.18. The van der Waals surface area contributed by atoms with Gasteiger partial charge in [0.25, 0.3) is 0 Å². The molecule has 0 bridgehead atoms. The lowest BCUT2D eigenvalue weighted by Gasteiger charge is -2.33. The highest BCUT2D eigenvalue weighted by atomic mass is 19.4. The van der Waals surface area contributed by atoms with Gasteiger partial charge in [-0.3, -0.25) is 0 Å². The second-order valence-electron chi connectivity index (χ2n) is 2.20. The summed E-state index contributed by atoms with van der Waals surface area (Å²) >= 11 is 0. The topological polar surface area (TPSA) is 20.2 Å². The van der Waals surface area contributed by atoms with E-state index in [0.717, 1.165) is 0 Å². The maximum absolute atomic E-state index is 11.4. The minimum absolute atomic E-state index is 2.00. The second-order valence-corrected chi connectivity index (χ2v) is 2.20. The number of aliphatic hydroxyl groups is 1. The van der Waals surface area contributed by atoms with Crippen LogP contribution in [0.1, 0.15) is 13.8 Å². The van der Waals surface area contributed by atoms with Gasteiger partial charge in [0.05, 0.1) is 0 Å². The maximum Gasteiger partial charge on any atom is 0.435 e. The summed E-state index contributed by atoms with van der Waals surface area (Å²) in [6, 6.07) is 0. The highest BCUT2D eigenvalue weighted by Gasteiger charge is 2.83. The molecular formula is C6H7F9O. The summed E-state index contributed by atoms with van der Waals surface area (Å²) in [7, 11) is 0. The van der Waals surface area contributed by atoms with Crippen molar-refractivity contribution in [3.05, 3.63) is 0 Å². The predicted octanol–water partition coefficient (Wildman–Crippen LogP) is 3.43. The first-order chi connectivity index (χ1) is 6.75. The molecule has 0 amide bonds. The zero-order valence-corrected chi connectivity index (χ0v) is 7.85. The quantitative estimate of drug-likeness (QED) is 0.666. The van der Waals surface area contributed by atoms with Gasteiger partial charge in [0.15, 0.2) is 0 Å². The molecule has 0 spiro atoms. The Morgan fingerprint density at radius 2 is 0.688 bits per heavy atom. The summed E-state index contributed by atoms with van der Waals surface area (Å²) in [6.07, 6.45) is -20.6. The molecule has 0 aromatic heterocycles. The van der Waals surface area contributed by atoms with Crippen molar-refractivity contribution in [1.82, 2.24) is 0 Å². The molecule has 1 nitrogen and oxygen atoms in total. The fourth-order valence-corrected chi connectivity index (χ4v) is 0.482. The van der Waals surface area contributed by atoms with Gasteiger partial charge in [0.1, 0.15) is 0 Å². The third kappa shape index (κ3) is 2.92. The molecule has 0 aliphatic rings. The summed E-state index contributed by atoms with van der Waals surface area (Å²) in [4.78, 5) is 0. The summed E-state index contributed by atoms with van der Waals surface area (Å²) < 4.78 is 103. The maximum atomic E-state index is 11.4. The summed E-state index contributed by atoms with van der Waals surface area (Å²) in [5.41, 5.74) is -6.69. The second kappa shape index (κ2) is 4.68. The molecule has 0 aromatic carbocycles. The van der Waals surface area contributed by atoms with Gasteiger partial charge in [-0.15, -0.1) is 0 Å². The van der Waals surface area contributed by atoms with Gasteiger partial charge in [-0.25, -0.2) is 0 Å². The average Bonchev–Trinajstić information content (AvgIpc) is 2.00. The molecule has 0 aliphatic heterocycles. The van der Waals surface area contributed by atoms with E-state index in [0.29, 0.717) is 0 Å². The van der Waals surface area contributed by atoms with Crippen molar-refractivity contribution in [1.29, 1.82) is 0 Å². The highest BCUT2D eigenvalue weighted by Crippen LogP contribution is 2.52. The van der Waals surface area contributed by atoms with Gasteiger partial charge in [-0.1, -0.05) is 13.8 Å². The smallest absolute Gasteiger partial charge is 0.367 e. The van der Waals surface area contributed by atoms with Crippen LogP contribution in [0.2, 0.25) is 0 Å². The summed E-state index contributed by atoms with van der Waals surface area (Å²) in [5, 5.41) is 7.65. The summed E-state index contributed by atoms with van der Waals surface area (Å²) in [5.74, 6) is 0. The van der Waals surface area contributed by atoms with E-state index in [1.165, 1.54) is 0 Å². The van der Waals surface area contributed by atoms with Crippen LogP contribution in [0.25, 0.3) is 0 Å². The fraction of sp³-hybridized carbons (Fsp3) is 1.00. The first-order valence-electron chi connectivity index (χ1n) is 3.67. The molecule has 0 rings (SSSR count). The van der Waals surface area contributed by atoms with Crippen LogP contribution in [0.15, 0.2) is 0 Å². The highest BCUT2D eigenvalue weighted by molar-refractivity contribution is 5.00. The Labute approximate surface area is 83.9 Å². The molecule has 16 heavy (non-hydrogen) atoms. The number of alkyl halides is 9. The zero-order chi connectivity index (χ0) is 14.0. The Morgan fingerprint density at radius 3 is 0.688 bits per heavy atom. The molecule has 0 saturated heterocycles. The largest absolute Gasteiger partial charge is 0.435 e. The van der Waals surface area contributed by atoms with Crippen LogP contribution in [0, 0.1) is 0 Å². The molecule has 100 valence electrons. The van der Waals surface area contributed by atoms with Crippen LogP contribution in [-0.4, -0.2) is 29.2 Å². The van der Waals surface area contributed by atoms with E-state index in [9.17, 15) is 39.5 Å². The lowest BCUT2D eigenvalue weighted by molar-refractivity contribution is -0.447. The van der Waals surface area contributed by atoms with E-state index in [2.05, 4.69) is 0 Å². The van der Waals surface area contributed by atoms with Gasteiger partial charge >= 0.3 is 24.1 Å². The van der Waals surface area contributed by atoms with E-state index in [1.807, 2.05) is 13.8 Å². The van der Waals surface area contributed by atoms with Crippen molar-refractivity contribution >= 4 is 0 Å². The van der Waals surface area contributed by atoms with Crippen molar-refractivity contribution in [2.24, 2.45) is 0 Å². The molecule has 0 radical (unpaired) electrons. The van der Waals surface area contributed by atoms with E-state index in [1.54, 1.807) is 0 Å². The van der Waals surface area contributed by atoms with Crippen LogP contribution in [0.4, 0.5) is 39.5 Å². The minimum Gasteiger partial charge on any atom is -0.367 e. The van der Waals surface area contributed by atoms with Gasteiger partial charge in [-0.05, 0) is 0 Å². The van der Waals surface area contributed by atoms with Crippen molar-refractivity contribution in [2.45, 2.75) is 38.0 Å². The number of hydrogen-bond acceptors (Lipinski definition) is 1. The number of hydrogen-bond donors (Lipinski definition) is 1. The zero-order valence-electron chi connectivity index (χ0n) is 7.85. The third-order valence-electron chi connectivity index (χ3n) is 1.23. The molecule has 0 heterocycles. The summed E-state index contributed by atoms with van der Waals surface area (Å²) in [6.45, 7) is 4.00. The lowest BCUT2D eigenvalue weighted by atomic mass is 10.0. The Hall–Kier alpha value is -0.670. The van der Waals surface area contributed by atoms with Crippen LogP contribution in [-0.2, 0) is 0 Å². The molecule has 0 aromatic rings. The van der Waals surface area contributed by atoms with Gasteiger partial charge in [-0.2, -0.15) is 39.5 Å². The van der Waals surface area contributed by atoms with Crippen molar-refractivity contribution in [3.63, 3.8) is 0 Å². The van der Waals surface area contributed by atoms with Gasteiger partial charge < -0.3 is 5.11 Å². The van der Waals surface area contributed by atoms with Crippen LogP contribution >= 0.6 is 0 Å². The van der Waals surface area contributed by atoms with Crippen LogP contribution in [0.3, 0.4) is 0 Å². The van der Waals surface area contributed by atoms with Crippen molar-refractivity contribution in [2.75, 3.05) is 0 Å². The monoisotopic (exact) mass is 266 g/mol. The average molecular weight is 266 g/mol. The molecule has 0 saturated carbocycles. The molecular weight excluding hydrogens is 259 g/mol. The standard InChI is InChI=1S/C4HF9O.C2H6/c5-2(6,7)1(14,3(8,9)10)4(11,12)13;1-2/h14H;1-2H3. The van der Waals surface area contributed by atoms with E-state index in [4.69, 9.17) is 5.11 Å². The first kappa shape index (κ1) is 17.7. The van der Waals surface area contributed by atoms with Crippen molar-refractivity contribution < 1.29 is 44.6 Å². The van der Waals surface area contributed by atoms with Gasteiger partial charge in [0.2, 0.25) is 0 Å². The number of halogens is 9. The third-order valence-corrected chi connectivity index (χ3v) is 1.23. The van der Waals surface area contributed by atoms with E-state index >= 15 is 0 Å². The van der Waals surface area contributed by atoms with Gasteiger partial charge in [0, 0.05) is 0 Å². The molecule has 0 fully saturated rings. The molecule has 0 unspecified atom stereocenters. The molecule has 1 N–H and O–H groups in total. The Morgan fingerprint density at radius 1 is 0.562 bits per heavy atom. The van der Waals surface area contributed by atoms with Crippen molar-refractivity contribution in [3.8, 4) is 0 Å². The lowest BCUT2D eigenvalue weighted by Crippen LogP contribution is -2.66. The molecule has 0 atom stereocenters. The fourth-order valence-electron chi connectivity index (χ4n) is 0.482.